The summed E-state index contributed by atoms with van der Waals surface area (Å²) in [6, 6.07) is 1.97. The van der Waals surface area contributed by atoms with Crippen LogP contribution >= 0.6 is 15.9 Å². The van der Waals surface area contributed by atoms with E-state index in [-0.39, 0.29) is 21.3 Å². The Kier molecular flexibility index (Phi) is 3.63. The summed E-state index contributed by atoms with van der Waals surface area (Å²) in [4.78, 5) is 35.8. The number of imide groups is 1. The largest absolute Gasteiger partial charge is 0.491 e. The van der Waals surface area contributed by atoms with Gasteiger partial charge in [0, 0.05) is 6.07 Å². The SMILES string of the molecule is COc1c(-n2c(N)c3c(cc2=O)C(=O)NC3=O)cc(Br)c(F)c1F. The zero-order valence-corrected chi connectivity index (χ0v) is 13.5. The number of nitrogen functional groups attached to an aromatic ring is 1. The summed E-state index contributed by atoms with van der Waals surface area (Å²) in [5.41, 5.74) is 4.41. The van der Waals surface area contributed by atoms with E-state index in [2.05, 4.69) is 15.9 Å². The first-order valence-electron chi connectivity index (χ1n) is 6.41. The lowest BCUT2D eigenvalue weighted by atomic mass is 10.1. The van der Waals surface area contributed by atoms with Gasteiger partial charge >= 0.3 is 0 Å². The summed E-state index contributed by atoms with van der Waals surface area (Å²) in [6.07, 6.45) is 0. The normalized spacial score (nSPS) is 13.0. The molecule has 7 nitrogen and oxygen atoms in total. The van der Waals surface area contributed by atoms with E-state index in [0.717, 1.165) is 23.8 Å². The molecule has 0 saturated heterocycles. The van der Waals surface area contributed by atoms with Gasteiger partial charge in [-0.25, -0.2) is 4.39 Å². The molecular weight excluding hydrogens is 392 g/mol. The highest BCUT2D eigenvalue weighted by Gasteiger charge is 2.33. The van der Waals surface area contributed by atoms with Gasteiger partial charge in [0.25, 0.3) is 17.4 Å². The van der Waals surface area contributed by atoms with Crippen LogP contribution < -0.4 is 21.3 Å². The second-order valence-corrected chi connectivity index (χ2v) is 5.67. The zero-order valence-electron chi connectivity index (χ0n) is 11.9. The fourth-order valence-corrected chi connectivity index (χ4v) is 2.84. The van der Waals surface area contributed by atoms with Crippen molar-refractivity contribution in [3.8, 4) is 11.4 Å². The number of hydrogen-bond donors (Lipinski definition) is 2. The molecule has 0 spiro atoms. The number of nitrogens with two attached hydrogens (primary N) is 1. The van der Waals surface area contributed by atoms with E-state index >= 15 is 0 Å². The first-order valence-corrected chi connectivity index (χ1v) is 7.20. The van der Waals surface area contributed by atoms with Crippen molar-refractivity contribution in [2.75, 3.05) is 12.8 Å². The highest BCUT2D eigenvalue weighted by Crippen LogP contribution is 2.34. The Hall–Kier alpha value is -2.75. The van der Waals surface area contributed by atoms with Crippen molar-refractivity contribution in [3.05, 3.63) is 49.7 Å². The van der Waals surface area contributed by atoms with Crippen LogP contribution in [0.15, 0.2) is 21.4 Å². The van der Waals surface area contributed by atoms with Crippen LogP contribution in [0.3, 0.4) is 0 Å². The number of rotatable bonds is 2. The molecule has 0 unspecified atom stereocenters. The Labute approximate surface area is 141 Å². The summed E-state index contributed by atoms with van der Waals surface area (Å²) >= 11 is 2.83. The Bertz CT molecular complexity index is 987. The van der Waals surface area contributed by atoms with Crippen molar-refractivity contribution in [2.24, 2.45) is 0 Å². The van der Waals surface area contributed by atoms with Gasteiger partial charge < -0.3 is 10.5 Å². The van der Waals surface area contributed by atoms with Crippen molar-refractivity contribution < 1.29 is 23.1 Å². The van der Waals surface area contributed by atoms with Crippen LogP contribution in [0, 0.1) is 11.6 Å². The number of ether oxygens (including phenoxy) is 1. The third kappa shape index (κ3) is 2.10. The topological polar surface area (TPSA) is 103 Å². The number of halogens is 3. The molecule has 1 aromatic heterocycles. The molecule has 2 amide bonds. The van der Waals surface area contributed by atoms with Gasteiger partial charge in [-0.15, -0.1) is 0 Å². The molecule has 0 saturated carbocycles. The molecular formula is C14H8BrF2N3O4. The van der Waals surface area contributed by atoms with E-state index in [1.807, 2.05) is 5.32 Å². The molecule has 124 valence electrons. The molecule has 0 atom stereocenters. The fourth-order valence-electron chi connectivity index (χ4n) is 2.45. The highest BCUT2D eigenvalue weighted by molar-refractivity contribution is 9.10. The lowest BCUT2D eigenvalue weighted by molar-refractivity contribution is 0.0880. The summed E-state index contributed by atoms with van der Waals surface area (Å²) in [5.74, 6) is -5.07. The number of pyridine rings is 1. The van der Waals surface area contributed by atoms with Crippen LogP contribution in [-0.4, -0.2) is 23.5 Å². The van der Waals surface area contributed by atoms with Crippen molar-refractivity contribution in [1.29, 1.82) is 0 Å². The Morgan fingerprint density at radius 1 is 1.17 bits per heavy atom. The van der Waals surface area contributed by atoms with Crippen LogP contribution in [0.1, 0.15) is 20.7 Å². The van der Waals surface area contributed by atoms with E-state index < -0.39 is 40.6 Å². The number of amides is 2. The third-order valence-electron chi connectivity index (χ3n) is 3.50. The Morgan fingerprint density at radius 2 is 1.83 bits per heavy atom. The van der Waals surface area contributed by atoms with Gasteiger partial charge in [-0.2, -0.15) is 4.39 Å². The molecule has 3 N–H and O–H groups in total. The monoisotopic (exact) mass is 399 g/mol. The smallest absolute Gasteiger partial charge is 0.262 e. The molecule has 1 aromatic carbocycles. The van der Waals surface area contributed by atoms with E-state index in [1.165, 1.54) is 0 Å². The quantitative estimate of drug-likeness (QED) is 0.585. The van der Waals surface area contributed by atoms with Crippen LogP contribution in [0.5, 0.6) is 5.75 Å². The highest BCUT2D eigenvalue weighted by atomic mass is 79.9. The van der Waals surface area contributed by atoms with Gasteiger partial charge in [0.1, 0.15) is 5.82 Å². The fraction of sp³-hybridized carbons (Fsp3) is 0.0714. The van der Waals surface area contributed by atoms with E-state index in [0.29, 0.717) is 0 Å². The van der Waals surface area contributed by atoms with Crippen molar-refractivity contribution in [3.63, 3.8) is 0 Å². The molecule has 2 aromatic rings. The molecule has 0 fully saturated rings. The number of anilines is 1. The number of benzene rings is 1. The lowest BCUT2D eigenvalue weighted by Crippen LogP contribution is -2.25. The number of carbonyl (C=O) groups excluding carboxylic acids is 2. The number of methoxy groups -OCH3 is 1. The number of aromatic nitrogens is 1. The standard InChI is InChI=1S/C14H8BrF2N3O4/c1-24-11-6(3-5(15)9(16)10(11)17)20-7(21)2-4-8(12(20)18)14(23)19-13(4)22/h2-3H,18H2,1H3,(H,19,22,23). The molecule has 10 heteroatoms. The molecule has 24 heavy (non-hydrogen) atoms. The first kappa shape index (κ1) is 16.1. The molecule has 1 aliphatic heterocycles. The minimum atomic E-state index is -1.34. The summed E-state index contributed by atoms with van der Waals surface area (Å²) in [5, 5.41) is 2.00. The molecule has 2 heterocycles. The number of carbonyl (C=O) groups is 2. The summed E-state index contributed by atoms with van der Waals surface area (Å²) < 4.78 is 33.1. The molecule has 0 radical (unpaired) electrons. The maximum absolute atomic E-state index is 14.1. The minimum Gasteiger partial charge on any atom is -0.491 e. The number of hydrogen-bond acceptors (Lipinski definition) is 5. The Balaban J connectivity index is 2.42. The van der Waals surface area contributed by atoms with E-state index in [4.69, 9.17) is 10.5 Å². The Morgan fingerprint density at radius 3 is 2.46 bits per heavy atom. The predicted molar refractivity (Wildman–Crippen MR) is 82.4 cm³/mol. The predicted octanol–water partition coefficient (Wildman–Crippen LogP) is 1.35. The van der Waals surface area contributed by atoms with Gasteiger partial charge in [-0.3, -0.25) is 24.3 Å². The number of nitrogens with zero attached hydrogens (tertiary/aromatic N) is 1. The van der Waals surface area contributed by atoms with Crippen LogP contribution in [0.4, 0.5) is 14.6 Å². The van der Waals surface area contributed by atoms with Crippen molar-refractivity contribution >= 4 is 33.6 Å². The van der Waals surface area contributed by atoms with Gasteiger partial charge in [0.2, 0.25) is 5.82 Å². The summed E-state index contributed by atoms with van der Waals surface area (Å²) in [6.45, 7) is 0. The first-order chi connectivity index (χ1) is 11.3. The van der Waals surface area contributed by atoms with Crippen molar-refractivity contribution in [2.45, 2.75) is 0 Å². The van der Waals surface area contributed by atoms with Gasteiger partial charge in [-0.1, -0.05) is 0 Å². The van der Waals surface area contributed by atoms with Crippen LogP contribution in [0.2, 0.25) is 0 Å². The summed E-state index contributed by atoms with van der Waals surface area (Å²) in [7, 11) is 1.08. The van der Waals surface area contributed by atoms with Crippen LogP contribution in [0.25, 0.3) is 5.69 Å². The van der Waals surface area contributed by atoms with Gasteiger partial charge in [0.05, 0.1) is 28.4 Å². The minimum absolute atomic E-state index is 0.181. The number of nitrogens with one attached hydrogen (secondary N) is 1. The lowest BCUT2D eigenvalue weighted by Gasteiger charge is -2.16. The second-order valence-electron chi connectivity index (χ2n) is 4.81. The average Bonchev–Trinajstić information content (AvgIpc) is 2.79. The van der Waals surface area contributed by atoms with E-state index in [9.17, 15) is 23.2 Å². The maximum Gasteiger partial charge on any atom is 0.262 e. The molecule has 3 rings (SSSR count). The van der Waals surface area contributed by atoms with E-state index in [1.54, 1.807) is 0 Å². The van der Waals surface area contributed by atoms with Gasteiger partial charge in [0.15, 0.2) is 11.6 Å². The second kappa shape index (κ2) is 5.41. The average molecular weight is 400 g/mol. The van der Waals surface area contributed by atoms with Gasteiger partial charge in [-0.05, 0) is 22.0 Å². The number of fused-ring (bicyclic) bond motifs is 1. The molecule has 1 aliphatic rings. The zero-order chi connectivity index (χ0) is 17.8. The maximum atomic E-state index is 14.1. The van der Waals surface area contributed by atoms with Crippen LogP contribution in [-0.2, 0) is 0 Å². The van der Waals surface area contributed by atoms with Crippen molar-refractivity contribution in [1.82, 2.24) is 9.88 Å². The molecule has 0 bridgehead atoms. The third-order valence-corrected chi connectivity index (χ3v) is 4.07. The molecule has 0 aliphatic carbocycles.